The standard InChI is InChI=1S/C10H16O/c1-2-3-8-11-9-10-6-4-5-7-10/h2-3,8,10H,1,4-7,9H2. The lowest BCUT2D eigenvalue weighted by Crippen LogP contribution is -2.01. The molecule has 1 aliphatic carbocycles. The van der Waals surface area contributed by atoms with Crippen molar-refractivity contribution in [1.29, 1.82) is 0 Å². The fourth-order valence-corrected chi connectivity index (χ4v) is 1.48. The maximum absolute atomic E-state index is 5.31. The molecular weight excluding hydrogens is 136 g/mol. The molecule has 0 aromatic carbocycles. The highest BCUT2D eigenvalue weighted by Crippen LogP contribution is 2.24. The third kappa shape index (κ3) is 3.26. The smallest absolute Gasteiger partial charge is 0.0901 e. The van der Waals surface area contributed by atoms with E-state index in [-0.39, 0.29) is 0 Å². The van der Waals surface area contributed by atoms with Crippen LogP contribution in [0.15, 0.2) is 25.0 Å². The summed E-state index contributed by atoms with van der Waals surface area (Å²) in [5, 5.41) is 0. The van der Waals surface area contributed by atoms with Crippen molar-refractivity contribution in [2.24, 2.45) is 5.92 Å². The quantitative estimate of drug-likeness (QED) is 0.444. The van der Waals surface area contributed by atoms with E-state index < -0.39 is 0 Å². The van der Waals surface area contributed by atoms with Gasteiger partial charge in [-0.05, 0) is 24.8 Å². The zero-order valence-electron chi connectivity index (χ0n) is 6.96. The summed E-state index contributed by atoms with van der Waals surface area (Å²) in [6.45, 7) is 4.46. The Hall–Kier alpha value is -0.720. The topological polar surface area (TPSA) is 9.23 Å². The Balaban J connectivity index is 2.01. The maximum Gasteiger partial charge on any atom is 0.0901 e. The van der Waals surface area contributed by atoms with E-state index in [1.165, 1.54) is 25.7 Å². The molecular formula is C10H16O. The van der Waals surface area contributed by atoms with Gasteiger partial charge in [-0.1, -0.05) is 25.5 Å². The molecule has 0 aromatic heterocycles. The van der Waals surface area contributed by atoms with Crippen molar-refractivity contribution < 1.29 is 4.74 Å². The van der Waals surface area contributed by atoms with Crippen LogP contribution in [0.25, 0.3) is 0 Å². The summed E-state index contributed by atoms with van der Waals surface area (Å²) in [5.41, 5.74) is 0. The highest BCUT2D eigenvalue weighted by Gasteiger charge is 2.14. The molecule has 1 heteroatoms. The first-order chi connectivity index (χ1) is 5.43. The van der Waals surface area contributed by atoms with Crippen molar-refractivity contribution >= 4 is 0 Å². The molecule has 0 bridgehead atoms. The van der Waals surface area contributed by atoms with E-state index in [9.17, 15) is 0 Å². The molecule has 0 aliphatic heterocycles. The van der Waals surface area contributed by atoms with Gasteiger partial charge in [0.2, 0.25) is 0 Å². The van der Waals surface area contributed by atoms with Crippen LogP contribution in [0.5, 0.6) is 0 Å². The van der Waals surface area contributed by atoms with Gasteiger partial charge in [0, 0.05) is 0 Å². The van der Waals surface area contributed by atoms with Gasteiger partial charge in [-0.25, -0.2) is 0 Å². The monoisotopic (exact) mass is 152 g/mol. The Labute approximate surface area is 68.8 Å². The maximum atomic E-state index is 5.31. The third-order valence-electron chi connectivity index (χ3n) is 2.12. The first-order valence-corrected chi connectivity index (χ1v) is 4.32. The molecule has 1 aliphatic rings. The summed E-state index contributed by atoms with van der Waals surface area (Å²) in [4.78, 5) is 0. The number of hydrogen-bond donors (Lipinski definition) is 0. The number of ether oxygens (including phenoxy) is 1. The number of hydrogen-bond acceptors (Lipinski definition) is 1. The van der Waals surface area contributed by atoms with Crippen LogP contribution in [0.3, 0.4) is 0 Å². The molecule has 1 rings (SSSR count). The molecule has 1 saturated carbocycles. The van der Waals surface area contributed by atoms with Crippen molar-refractivity contribution in [3.8, 4) is 0 Å². The highest BCUT2D eigenvalue weighted by molar-refractivity contribution is 4.92. The lowest BCUT2D eigenvalue weighted by atomic mass is 10.1. The summed E-state index contributed by atoms with van der Waals surface area (Å²) in [5.74, 6) is 0.810. The number of rotatable bonds is 4. The Bertz CT molecular complexity index is 132. The van der Waals surface area contributed by atoms with Gasteiger partial charge in [0.05, 0.1) is 12.9 Å². The molecule has 0 unspecified atom stereocenters. The SMILES string of the molecule is C=CC=COCC1CCCC1. The summed E-state index contributed by atoms with van der Waals surface area (Å²) in [6.07, 6.45) is 10.8. The Morgan fingerprint density at radius 2 is 2.09 bits per heavy atom. The molecule has 0 N–H and O–H groups in total. The van der Waals surface area contributed by atoms with Gasteiger partial charge in [-0.2, -0.15) is 0 Å². The summed E-state index contributed by atoms with van der Waals surface area (Å²) in [6, 6.07) is 0. The fraction of sp³-hybridized carbons (Fsp3) is 0.600. The van der Waals surface area contributed by atoms with Gasteiger partial charge in [0.15, 0.2) is 0 Å². The van der Waals surface area contributed by atoms with Gasteiger partial charge in [0.25, 0.3) is 0 Å². The van der Waals surface area contributed by atoms with Gasteiger partial charge >= 0.3 is 0 Å². The zero-order valence-corrected chi connectivity index (χ0v) is 6.96. The molecule has 1 nitrogen and oxygen atoms in total. The zero-order chi connectivity index (χ0) is 7.94. The largest absolute Gasteiger partial charge is 0.501 e. The minimum absolute atomic E-state index is 0.810. The van der Waals surface area contributed by atoms with Crippen LogP contribution >= 0.6 is 0 Å². The van der Waals surface area contributed by atoms with E-state index in [0.29, 0.717) is 0 Å². The summed E-state index contributed by atoms with van der Waals surface area (Å²) >= 11 is 0. The minimum atomic E-state index is 0.810. The van der Waals surface area contributed by atoms with Crippen molar-refractivity contribution in [2.45, 2.75) is 25.7 Å². The number of allylic oxidation sites excluding steroid dienone is 2. The average Bonchev–Trinajstić information content (AvgIpc) is 2.50. The second kappa shape index (κ2) is 5.00. The molecule has 0 aromatic rings. The van der Waals surface area contributed by atoms with Crippen LogP contribution in [0.2, 0.25) is 0 Å². The summed E-state index contributed by atoms with van der Waals surface area (Å²) in [7, 11) is 0. The molecule has 0 heterocycles. The van der Waals surface area contributed by atoms with Crippen molar-refractivity contribution in [1.82, 2.24) is 0 Å². The van der Waals surface area contributed by atoms with Crippen LogP contribution in [0, 0.1) is 5.92 Å². The van der Waals surface area contributed by atoms with Crippen LogP contribution in [-0.2, 0) is 4.74 Å². The van der Waals surface area contributed by atoms with E-state index >= 15 is 0 Å². The van der Waals surface area contributed by atoms with Crippen molar-refractivity contribution in [3.05, 3.63) is 25.0 Å². The van der Waals surface area contributed by atoms with E-state index in [2.05, 4.69) is 6.58 Å². The highest BCUT2D eigenvalue weighted by atomic mass is 16.5. The van der Waals surface area contributed by atoms with Crippen LogP contribution < -0.4 is 0 Å². The normalized spacial score (nSPS) is 19.3. The van der Waals surface area contributed by atoms with Gasteiger partial charge < -0.3 is 4.74 Å². The van der Waals surface area contributed by atoms with Gasteiger partial charge in [-0.15, -0.1) is 0 Å². The first-order valence-electron chi connectivity index (χ1n) is 4.32. The molecule has 0 saturated heterocycles. The first kappa shape index (κ1) is 8.38. The van der Waals surface area contributed by atoms with Gasteiger partial charge in [-0.3, -0.25) is 0 Å². The second-order valence-corrected chi connectivity index (χ2v) is 3.05. The third-order valence-corrected chi connectivity index (χ3v) is 2.12. The van der Waals surface area contributed by atoms with E-state index in [0.717, 1.165) is 12.5 Å². The van der Waals surface area contributed by atoms with Crippen LogP contribution in [-0.4, -0.2) is 6.61 Å². The molecule has 0 atom stereocenters. The fourth-order valence-electron chi connectivity index (χ4n) is 1.48. The van der Waals surface area contributed by atoms with E-state index in [1.807, 2.05) is 6.08 Å². The van der Waals surface area contributed by atoms with Crippen LogP contribution in [0.4, 0.5) is 0 Å². The second-order valence-electron chi connectivity index (χ2n) is 3.05. The Morgan fingerprint density at radius 1 is 1.36 bits per heavy atom. The molecule has 0 radical (unpaired) electrons. The Morgan fingerprint density at radius 3 is 2.73 bits per heavy atom. The molecule has 0 spiro atoms. The average molecular weight is 152 g/mol. The van der Waals surface area contributed by atoms with E-state index in [4.69, 9.17) is 4.74 Å². The van der Waals surface area contributed by atoms with E-state index in [1.54, 1.807) is 12.3 Å². The van der Waals surface area contributed by atoms with Crippen molar-refractivity contribution in [3.63, 3.8) is 0 Å². The lowest BCUT2D eigenvalue weighted by Gasteiger charge is -2.06. The lowest BCUT2D eigenvalue weighted by molar-refractivity contribution is 0.197. The molecule has 62 valence electrons. The predicted octanol–water partition coefficient (Wildman–Crippen LogP) is 2.89. The summed E-state index contributed by atoms with van der Waals surface area (Å²) < 4.78 is 5.31. The molecule has 0 amide bonds. The minimum Gasteiger partial charge on any atom is -0.501 e. The molecule has 1 fully saturated rings. The van der Waals surface area contributed by atoms with Gasteiger partial charge in [0.1, 0.15) is 0 Å². The van der Waals surface area contributed by atoms with Crippen molar-refractivity contribution in [2.75, 3.05) is 6.61 Å². The molecule has 11 heavy (non-hydrogen) atoms. The van der Waals surface area contributed by atoms with Crippen LogP contribution in [0.1, 0.15) is 25.7 Å². The Kier molecular flexibility index (Phi) is 3.81. The predicted molar refractivity (Wildman–Crippen MR) is 47.2 cm³/mol.